The molecule has 0 spiro atoms. The van der Waals surface area contributed by atoms with E-state index in [2.05, 4.69) is 0 Å². The van der Waals surface area contributed by atoms with E-state index in [0.29, 0.717) is 0 Å². The van der Waals surface area contributed by atoms with Crippen LogP contribution in [0.3, 0.4) is 0 Å². The van der Waals surface area contributed by atoms with Crippen molar-refractivity contribution in [1.29, 1.82) is 0 Å². The Hall–Kier alpha value is 0.713. The number of aliphatic hydroxyl groups excluding tert-OH is 4. The van der Waals surface area contributed by atoms with E-state index in [1.54, 1.807) is 0 Å². The van der Waals surface area contributed by atoms with Gasteiger partial charge in [-0.3, -0.25) is 0 Å². The van der Waals surface area contributed by atoms with Gasteiger partial charge in [-0.2, -0.15) is 0 Å². The Morgan fingerprint density at radius 1 is 0.846 bits per heavy atom. The average molecular weight is 403 g/mol. The minimum Gasteiger partial charge on any atom is 0 e. The van der Waals surface area contributed by atoms with Crippen LogP contribution in [0, 0.1) is 5.41 Å². The Morgan fingerprint density at radius 3 is 1.00 bits per heavy atom. The second-order valence-electron chi connectivity index (χ2n) is 2.21. The third-order valence-corrected chi connectivity index (χ3v) is 1.34. The van der Waals surface area contributed by atoms with Crippen molar-refractivity contribution < 1.29 is 65.0 Å². The van der Waals surface area contributed by atoms with E-state index in [0.717, 1.165) is 0 Å². The third-order valence-electron chi connectivity index (χ3n) is 1.34. The molecule has 4 N–H and O–H groups in total. The molecule has 0 bridgehead atoms. The van der Waals surface area contributed by atoms with Gasteiger partial charge in [-0.15, -0.1) is 0 Å². The summed E-state index contributed by atoms with van der Waals surface area (Å²) in [4.78, 5) is 0. The first-order valence-electron chi connectivity index (χ1n) is 3.04. The van der Waals surface area contributed by atoms with Crippen molar-refractivity contribution in [3.05, 3.63) is 0 Å². The van der Waals surface area contributed by atoms with Crippen LogP contribution in [0.1, 0.15) is 0 Å². The molecule has 0 aromatic heterocycles. The van der Waals surface area contributed by atoms with Crippen molar-refractivity contribution in [2.75, 3.05) is 26.4 Å². The fourth-order valence-electron chi connectivity index (χ4n) is 0.300. The summed E-state index contributed by atoms with van der Waals surface area (Å²) in [5.74, 6) is 0. The van der Waals surface area contributed by atoms with Crippen LogP contribution in [0.5, 0.6) is 0 Å². The number of aliphatic hydroxyl groups is 4. The first-order valence-corrected chi connectivity index (χ1v) is 4.18. The predicted octanol–water partition coefficient (Wildman–Crippen LogP) is -2.30. The van der Waals surface area contributed by atoms with Gasteiger partial charge in [0.1, 0.15) is 0 Å². The Kier molecular flexibility index (Phi) is 18.9. The molecular formula is C5H12O6VW. The maximum atomic E-state index is 8.50. The Balaban J connectivity index is -0.000000220. The largest absolute Gasteiger partial charge is 0 e. The SMILES string of the molecule is OCC(CO)(CO)CO.[O]=[V]=[O].[W]. The minimum atomic E-state index is -1.81. The van der Waals surface area contributed by atoms with E-state index in [1.807, 2.05) is 0 Å². The maximum absolute atomic E-state index is 8.50. The van der Waals surface area contributed by atoms with E-state index in [9.17, 15) is 0 Å². The molecule has 0 aromatic carbocycles. The molecule has 6 nitrogen and oxygen atoms in total. The first-order chi connectivity index (χ1) is 5.66. The Labute approximate surface area is 96.8 Å². The molecule has 0 aliphatic carbocycles. The van der Waals surface area contributed by atoms with Gasteiger partial charge >= 0.3 is 23.5 Å². The van der Waals surface area contributed by atoms with Gasteiger partial charge < -0.3 is 20.4 Å². The molecule has 0 fully saturated rings. The van der Waals surface area contributed by atoms with Gasteiger partial charge in [-0.25, -0.2) is 0 Å². The molecule has 0 amide bonds. The first kappa shape index (κ1) is 19.3. The number of hydrogen-bond donors (Lipinski definition) is 4. The van der Waals surface area contributed by atoms with Crippen molar-refractivity contribution in [3.63, 3.8) is 0 Å². The molecule has 79 valence electrons. The zero-order valence-electron chi connectivity index (χ0n) is 6.79. The van der Waals surface area contributed by atoms with Gasteiger partial charge in [0.25, 0.3) is 0 Å². The molecular weight excluding hydrogens is 391 g/mol. The van der Waals surface area contributed by atoms with Crippen molar-refractivity contribution in [2.24, 2.45) is 5.41 Å². The van der Waals surface area contributed by atoms with Gasteiger partial charge in [-0.1, -0.05) is 0 Å². The predicted molar refractivity (Wildman–Crippen MR) is 32.1 cm³/mol. The van der Waals surface area contributed by atoms with Crippen molar-refractivity contribution in [1.82, 2.24) is 0 Å². The summed E-state index contributed by atoms with van der Waals surface area (Å²) in [7, 11) is 0. The molecule has 0 radical (unpaired) electrons. The van der Waals surface area contributed by atoms with Gasteiger partial charge in [0.05, 0.1) is 31.8 Å². The smallest absolute Gasteiger partial charge is 0 e. The summed E-state index contributed by atoms with van der Waals surface area (Å²) >= 11 is -1.81. The van der Waals surface area contributed by atoms with E-state index >= 15 is 0 Å². The van der Waals surface area contributed by atoms with Crippen LogP contribution in [0.25, 0.3) is 0 Å². The fraction of sp³-hybridized carbons (Fsp3) is 1.00. The van der Waals surface area contributed by atoms with Crippen molar-refractivity contribution in [3.8, 4) is 0 Å². The van der Waals surface area contributed by atoms with Gasteiger partial charge in [0, 0.05) is 21.1 Å². The zero-order chi connectivity index (χ0) is 10.0. The molecule has 0 aromatic rings. The summed E-state index contributed by atoms with van der Waals surface area (Å²) in [5, 5.41) is 34.0. The summed E-state index contributed by atoms with van der Waals surface area (Å²) in [6.45, 7) is -1.62. The normalized spacial score (nSPS) is 8.92. The van der Waals surface area contributed by atoms with Gasteiger partial charge in [0.15, 0.2) is 0 Å². The maximum Gasteiger partial charge on any atom is 0 e. The topological polar surface area (TPSA) is 115 Å². The quantitative estimate of drug-likeness (QED) is 0.420. The molecule has 0 rings (SSSR count). The fourth-order valence-corrected chi connectivity index (χ4v) is 0.300. The molecule has 0 atom stereocenters. The summed E-state index contributed by atoms with van der Waals surface area (Å²) < 4.78 is 16.9. The average Bonchev–Trinajstić information content (AvgIpc) is 2.11. The summed E-state index contributed by atoms with van der Waals surface area (Å²) in [6, 6.07) is 0. The molecule has 8 heteroatoms. The van der Waals surface area contributed by atoms with E-state index in [1.165, 1.54) is 0 Å². The third kappa shape index (κ3) is 9.03. The molecule has 13 heavy (non-hydrogen) atoms. The molecule has 0 aliphatic rings. The molecule has 0 saturated heterocycles. The number of hydrogen-bond acceptors (Lipinski definition) is 6. The minimum absolute atomic E-state index is 0. The second-order valence-corrected chi connectivity index (χ2v) is 2.44. The summed E-state index contributed by atoms with van der Waals surface area (Å²) in [5.41, 5.74) is -1.11. The molecule has 0 aliphatic heterocycles. The monoisotopic (exact) mass is 403 g/mol. The van der Waals surface area contributed by atoms with E-state index in [-0.39, 0.29) is 21.1 Å². The van der Waals surface area contributed by atoms with Crippen LogP contribution in [0.2, 0.25) is 0 Å². The van der Waals surface area contributed by atoms with Crippen LogP contribution < -0.4 is 0 Å². The van der Waals surface area contributed by atoms with Crippen molar-refractivity contribution >= 4 is 0 Å². The Morgan fingerprint density at radius 2 is 1.00 bits per heavy atom. The Bertz CT molecular complexity index is 115. The van der Waals surface area contributed by atoms with Crippen LogP contribution in [0.15, 0.2) is 0 Å². The van der Waals surface area contributed by atoms with E-state index in [4.69, 9.17) is 27.8 Å². The van der Waals surface area contributed by atoms with Crippen LogP contribution >= 0.6 is 0 Å². The molecule has 0 heterocycles. The van der Waals surface area contributed by atoms with Crippen LogP contribution in [0.4, 0.5) is 0 Å². The van der Waals surface area contributed by atoms with Gasteiger partial charge in [0.2, 0.25) is 0 Å². The van der Waals surface area contributed by atoms with Crippen LogP contribution in [-0.4, -0.2) is 46.9 Å². The second kappa shape index (κ2) is 12.7. The molecule has 0 saturated carbocycles. The molecule has 0 unspecified atom stereocenters. The standard InChI is InChI=1S/C5H12O4.2O.V.W/c6-1-5(2-7,3-8)4-9;;;;/h6-9H,1-4H2;;;;. The van der Waals surface area contributed by atoms with Crippen molar-refractivity contribution in [2.45, 2.75) is 0 Å². The van der Waals surface area contributed by atoms with E-state index < -0.39 is 48.0 Å². The van der Waals surface area contributed by atoms with Gasteiger partial charge in [-0.05, 0) is 0 Å². The number of rotatable bonds is 4. The summed E-state index contributed by atoms with van der Waals surface area (Å²) in [6.07, 6.45) is 0. The zero-order valence-corrected chi connectivity index (χ0v) is 11.1. The van der Waals surface area contributed by atoms with Crippen LogP contribution in [-0.2, 0) is 44.6 Å².